The van der Waals surface area contributed by atoms with E-state index in [0.29, 0.717) is 18.7 Å². The van der Waals surface area contributed by atoms with Crippen LogP contribution in [0.3, 0.4) is 0 Å². The third-order valence-electron chi connectivity index (χ3n) is 6.74. The summed E-state index contributed by atoms with van der Waals surface area (Å²) in [5, 5.41) is 5.94. The molecule has 2 amide bonds. The molecule has 0 spiro atoms. The highest BCUT2D eigenvalue weighted by Gasteiger charge is 2.29. The maximum absolute atomic E-state index is 13.0. The first-order valence-electron chi connectivity index (χ1n) is 12.2. The second kappa shape index (κ2) is 11.9. The number of piperidine rings is 1. The molecule has 1 heterocycles. The minimum atomic E-state index is -3.57. The number of nitrogens with one attached hydrogen (secondary N) is 2. The number of amides is 2. The number of carbonyl (C=O) groups excluding carboxylic acids is 2. The molecule has 1 saturated heterocycles. The normalized spacial score (nSPS) is 18.9. The monoisotopic (exact) mass is 478 g/mol. The van der Waals surface area contributed by atoms with Gasteiger partial charge in [-0.25, -0.2) is 8.42 Å². The topological polar surface area (TPSA) is 98.8 Å². The molecular weight excluding hydrogens is 440 g/mol. The van der Waals surface area contributed by atoms with Gasteiger partial charge in [-0.2, -0.15) is 4.31 Å². The van der Waals surface area contributed by atoms with Crippen molar-refractivity contribution in [3.8, 4) is 0 Å². The Labute approximate surface area is 198 Å². The number of hydrogen-bond donors (Lipinski definition) is 2. The van der Waals surface area contributed by atoms with Crippen LogP contribution in [-0.2, 0) is 14.8 Å². The predicted molar refractivity (Wildman–Crippen MR) is 128 cm³/mol. The van der Waals surface area contributed by atoms with Crippen molar-refractivity contribution in [3.05, 3.63) is 29.8 Å². The number of hydrogen-bond acceptors (Lipinski definition) is 5. The minimum absolute atomic E-state index is 0.0449. The largest absolute Gasteiger partial charge is 0.355 e. The standard InChI is InChI=1S/C24H38N4O4S/c1-3-15-25-23(29)18-28-16-13-20(14-17-28)26-24(30)19-9-11-22(12-10-19)33(31,32)27(2)21-7-5-4-6-8-21/h9-12,20-21H,3-8,13-18H2,1-2H3,(H,25,29)(H,26,30). The highest BCUT2D eigenvalue weighted by Crippen LogP contribution is 2.26. The maximum Gasteiger partial charge on any atom is 0.251 e. The lowest BCUT2D eigenvalue weighted by atomic mass is 9.96. The maximum atomic E-state index is 13.0. The van der Waals surface area contributed by atoms with Gasteiger partial charge in [-0.1, -0.05) is 26.2 Å². The molecule has 9 heteroatoms. The zero-order valence-corrected chi connectivity index (χ0v) is 20.7. The first-order valence-corrected chi connectivity index (χ1v) is 13.6. The molecule has 0 bridgehead atoms. The van der Waals surface area contributed by atoms with Gasteiger partial charge in [-0.3, -0.25) is 14.5 Å². The Hall–Kier alpha value is -1.97. The van der Waals surface area contributed by atoms with Crippen LogP contribution >= 0.6 is 0 Å². The van der Waals surface area contributed by atoms with E-state index in [1.54, 1.807) is 19.2 Å². The Morgan fingerprint density at radius 3 is 2.27 bits per heavy atom. The van der Waals surface area contributed by atoms with Crippen LogP contribution < -0.4 is 10.6 Å². The van der Waals surface area contributed by atoms with Crippen molar-refractivity contribution in [1.29, 1.82) is 0 Å². The summed E-state index contributed by atoms with van der Waals surface area (Å²) < 4.78 is 27.5. The highest BCUT2D eigenvalue weighted by molar-refractivity contribution is 7.89. The number of likely N-dealkylation sites (tertiary alicyclic amines) is 1. The summed E-state index contributed by atoms with van der Waals surface area (Å²) in [6.07, 6.45) is 7.59. The molecule has 0 atom stereocenters. The van der Waals surface area contributed by atoms with E-state index in [1.165, 1.54) is 22.9 Å². The first-order chi connectivity index (χ1) is 15.8. The number of carbonyl (C=O) groups is 2. The Kier molecular flexibility index (Phi) is 9.28. The summed E-state index contributed by atoms with van der Waals surface area (Å²) in [5.74, 6) is -0.151. The molecule has 184 valence electrons. The van der Waals surface area contributed by atoms with Crippen LogP contribution in [0.2, 0.25) is 0 Å². The van der Waals surface area contributed by atoms with E-state index in [4.69, 9.17) is 0 Å². The summed E-state index contributed by atoms with van der Waals surface area (Å²) in [4.78, 5) is 26.9. The van der Waals surface area contributed by atoms with Crippen LogP contribution in [0.4, 0.5) is 0 Å². The van der Waals surface area contributed by atoms with Crippen molar-refractivity contribution in [3.63, 3.8) is 0 Å². The summed E-state index contributed by atoms with van der Waals surface area (Å²) in [6.45, 7) is 4.63. The third-order valence-corrected chi connectivity index (χ3v) is 8.67. The second-order valence-electron chi connectivity index (χ2n) is 9.21. The summed E-state index contributed by atoms with van der Waals surface area (Å²) in [6, 6.07) is 6.33. The lowest BCUT2D eigenvalue weighted by Crippen LogP contribution is -2.47. The average molecular weight is 479 g/mol. The van der Waals surface area contributed by atoms with Crippen molar-refractivity contribution < 1.29 is 18.0 Å². The molecule has 8 nitrogen and oxygen atoms in total. The smallest absolute Gasteiger partial charge is 0.251 e. The van der Waals surface area contributed by atoms with Crippen LogP contribution in [-0.4, -0.2) is 74.7 Å². The van der Waals surface area contributed by atoms with E-state index in [1.807, 2.05) is 6.92 Å². The van der Waals surface area contributed by atoms with E-state index in [2.05, 4.69) is 15.5 Å². The van der Waals surface area contributed by atoms with E-state index in [9.17, 15) is 18.0 Å². The second-order valence-corrected chi connectivity index (χ2v) is 11.2. The average Bonchev–Trinajstić information content (AvgIpc) is 2.84. The summed E-state index contributed by atoms with van der Waals surface area (Å²) in [5.41, 5.74) is 0.454. The molecule has 33 heavy (non-hydrogen) atoms. The Bertz CT molecular complexity index is 890. The van der Waals surface area contributed by atoms with E-state index >= 15 is 0 Å². The van der Waals surface area contributed by atoms with Crippen molar-refractivity contribution in [2.75, 3.05) is 33.2 Å². The summed E-state index contributed by atoms with van der Waals surface area (Å²) in [7, 11) is -1.91. The Balaban J connectivity index is 1.50. The molecule has 0 aromatic heterocycles. The van der Waals surface area contributed by atoms with E-state index in [0.717, 1.165) is 58.0 Å². The van der Waals surface area contributed by atoms with Crippen molar-refractivity contribution in [2.24, 2.45) is 0 Å². The van der Waals surface area contributed by atoms with Gasteiger partial charge in [0, 0.05) is 44.3 Å². The highest BCUT2D eigenvalue weighted by atomic mass is 32.2. The third kappa shape index (κ3) is 7.01. The molecule has 1 aliphatic heterocycles. The Morgan fingerprint density at radius 1 is 1.03 bits per heavy atom. The molecule has 1 saturated carbocycles. The van der Waals surface area contributed by atoms with Gasteiger partial charge >= 0.3 is 0 Å². The van der Waals surface area contributed by atoms with Gasteiger partial charge in [0.2, 0.25) is 15.9 Å². The van der Waals surface area contributed by atoms with Crippen LogP contribution in [0.5, 0.6) is 0 Å². The number of nitrogens with zero attached hydrogens (tertiary/aromatic N) is 2. The van der Waals surface area contributed by atoms with Crippen LogP contribution in [0, 0.1) is 0 Å². The minimum Gasteiger partial charge on any atom is -0.355 e. The molecule has 3 rings (SSSR count). The molecule has 2 N–H and O–H groups in total. The van der Waals surface area contributed by atoms with Gasteiger partial charge in [-0.15, -0.1) is 0 Å². The number of sulfonamides is 1. The van der Waals surface area contributed by atoms with Crippen LogP contribution in [0.1, 0.15) is 68.6 Å². The van der Waals surface area contributed by atoms with Gasteiger partial charge in [0.1, 0.15) is 0 Å². The first kappa shape index (κ1) is 25.6. The van der Waals surface area contributed by atoms with Crippen LogP contribution in [0.25, 0.3) is 0 Å². The summed E-state index contributed by atoms with van der Waals surface area (Å²) >= 11 is 0. The zero-order chi connectivity index (χ0) is 23.8. The quantitative estimate of drug-likeness (QED) is 0.568. The SMILES string of the molecule is CCCNC(=O)CN1CCC(NC(=O)c2ccc(S(=O)(=O)N(C)C3CCCCC3)cc2)CC1. The lowest BCUT2D eigenvalue weighted by molar-refractivity contribution is -0.122. The van der Waals surface area contributed by atoms with E-state index in [-0.39, 0.29) is 28.8 Å². The fourth-order valence-corrected chi connectivity index (χ4v) is 6.03. The molecule has 0 unspecified atom stereocenters. The van der Waals surface area contributed by atoms with Gasteiger partial charge in [0.15, 0.2) is 0 Å². The van der Waals surface area contributed by atoms with Gasteiger partial charge in [0.25, 0.3) is 5.91 Å². The van der Waals surface area contributed by atoms with Crippen LogP contribution in [0.15, 0.2) is 29.2 Å². The van der Waals surface area contributed by atoms with E-state index < -0.39 is 10.0 Å². The molecule has 1 aromatic rings. The molecule has 2 aliphatic rings. The van der Waals surface area contributed by atoms with Gasteiger partial charge in [-0.05, 0) is 56.4 Å². The fraction of sp³-hybridized carbons (Fsp3) is 0.667. The van der Waals surface area contributed by atoms with Crippen molar-refractivity contribution >= 4 is 21.8 Å². The molecule has 1 aromatic carbocycles. The van der Waals surface area contributed by atoms with Gasteiger partial charge in [0.05, 0.1) is 11.4 Å². The molecule has 2 fully saturated rings. The lowest BCUT2D eigenvalue weighted by Gasteiger charge is -2.32. The fourth-order valence-electron chi connectivity index (χ4n) is 4.61. The predicted octanol–water partition coefficient (Wildman–Crippen LogP) is 2.36. The van der Waals surface area contributed by atoms with Gasteiger partial charge < -0.3 is 10.6 Å². The zero-order valence-electron chi connectivity index (χ0n) is 19.9. The number of rotatable bonds is 9. The number of benzene rings is 1. The Morgan fingerprint density at radius 2 is 1.67 bits per heavy atom. The van der Waals surface area contributed by atoms with Crippen molar-refractivity contribution in [1.82, 2.24) is 19.8 Å². The molecular formula is C24H38N4O4S. The van der Waals surface area contributed by atoms with Crippen molar-refractivity contribution in [2.45, 2.75) is 75.3 Å². The molecule has 0 radical (unpaired) electrons. The molecule has 1 aliphatic carbocycles.